The van der Waals surface area contributed by atoms with Gasteiger partial charge in [0.15, 0.2) is 6.29 Å². The van der Waals surface area contributed by atoms with Gasteiger partial charge in [-0.2, -0.15) is 0 Å². The molecule has 9 heteroatoms. The number of carbonyl (C=O) groups is 1. The van der Waals surface area contributed by atoms with Gasteiger partial charge in [-0.3, -0.25) is 4.79 Å². The first-order chi connectivity index (χ1) is 20.1. The molecule has 0 aromatic carbocycles. The van der Waals surface area contributed by atoms with Gasteiger partial charge in [0.2, 0.25) is 0 Å². The molecule has 2 heterocycles. The summed E-state index contributed by atoms with van der Waals surface area (Å²) in [5, 5.41) is 40.5. The number of aliphatic hydroxyl groups is 4. The summed E-state index contributed by atoms with van der Waals surface area (Å²) in [6.07, 6.45) is 12.6. The summed E-state index contributed by atoms with van der Waals surface area (Å²) in [5.41, 5.74) is 2.02. The van der Waals surface area contributed by atoms with Gasteiger partial charge >= 0.3 is 5.97 Å². The Bertz CT molecular complexity index is 1010. The maximum Gasteiger partial charge on any atom is 0.313 e. The van der Waals surface area contributed by atoms with Gasteiger partial charge in [0.05, 0.1) is 25.2 Å². The van der Waals surface area contributed by atoms with Crippen molar-refractivity contribution in [1.29, 1.82) is 0 Å². The summed E-state index contributed by atoms with van der Waals surface area (Å²) < 4.78 is 23.1. The van der Waals surface area contributed by atoms with Crippen LogP contribution in [0.15, 0.2) is 71.6 Å². The topological polar surface area (TPSA) is 135 Å². The van der Waals surface area contributed by atoms with Crippen molar-refractivity contribution in [1.82, 2.24) is 0 Å². The second kappa shape index (κ2) is 19.0. The third kappa shape index (κ3) is 11.7. The second-order valence-electron chi connectivity index (χ2n) is 10.9. The van der Waals surface area contributed by atoms with Gasteiger partial charge in [0, 0.05) is 13.5 Å². The zero-order valence-electron chi connectivity index (χ0n) is 25.6. The Balaban J connectivity index is 2.37. The van der Waals surface area contributed by atoms with Crippen molar-refractivity contribution in [2.45, 2.75) is 109 Å². The Hall–Kier alpha value is -2.37. The Morgan fingerprint density at radius 2 is 1.83 bits per heavy atom. The summed E-state index contributed by atoms with van der Waals surface area (Å²) in [4.78, 5) is 13.2. The van der Waals surface area contributed by atoms with Crippen LogP contribution in [0.2, 0.25) is 0 Å². The van der Waals surface area contributed by atoms with E-state index in [1.807, 2.05) is 57.2 Å². The highest BCUT2D eigenvalue weighted by atomic mass is 16.7. The van der Waals surface area contributed by atoms with Gasteiger partial charge < -0.3 is 39.4 Å². The predicted octanol–water partition coefficient (Wildman–Crippen LogP) is 4.19. The third-order valence-electron chi connectivity index (χ3n) is 7.37. The molecule has 0 radical (unpaired) electrons. The van der Waals surface area contributed by atoms with E-state index in [9.17, 15) is 25.2 Å². The molecule has 0 saturated carbocycles. The monoisotopic (exact) mass is 590 g/mol. The van der Waals surface area contributed by atoms with Crippen LogP contribution in [-0.2, 0) is 23.7 Å². The molecule has 2 rings (SSSR count). The number of hydrogen-bond donors (Lipinski definition) is 4. The van der Waals surface area contributed by atoms with Crippen LogP contribution < -0.4 is 0 Å². The molecule has 0 aliphatic carbocycles. The quantitative estimate of drug-likeness (QED) is 0.265. The SMILES string of the molecule is C/C=C/C/C(C)=C1\CC/C=C/C=C/CC(C)/C=C(/C)C(OC)C/C=C/C(O[C@H]2O[C@@H](CO)[C@H](O)[C@@H](O)[C@@H]2O)CC(=O)O1. The van der Waals surface area contributed by atoms with Crippen molar-refractivity contribution in [3.8, 4) is 0 Å². The van der Waals surface area contributed by atoms with E-state index in [4.69, 9.17) is 18.9 Å². The van der Waals surface area contributed by atoms with Gasteiger partial charge in [-0.05, 0) is 63.5 Å². The maximum absolute atomic E-state index is 13.2. The van der Waals surface area contributed by atoms with E-state index in [-0.39, 0.29) is 12.5 Å². The first-order valence-electron chi connectivity index (χ1n) is 14.8. The number of rotatable bonds is 6. The number of esters is 1. The molecule has 9 nitrogen and oxygen atoms in total. The lowest BCUT2D eigenvalue weighted by Gasteiger charge is -2.40. The lowest BCUT2D eigenvalue weighted by atomic mass is 9.99. The fraction of sp³-hybridized carbons (Fsp3) is 0.606. The molecule has 0 bridgehead atoms. The summed E-state index contributed by atoms with van der Waals surface area (Å²) in [7, 11) is 1.64. The van der Waals surface area contributed by atoms with E-state index >= 15 is 0 Å². The third-order valence-corrected chi connectivity index (χ3v) is 7.37. The highest BCUT2D eigenvalue weighted by Gasteiger charge is 2.44. The summed E-state index contributed by atoms with van der Waals surface area (Å²) in [6, 6.07) is 0. The number of methoxy groups -OCH3 is 1. The van der Waals surface area contributed by atoms with Crippen molar-refractivity contribution < 1.29 is 44.2 Å². The van der Waals surface area contributed by atoms with Gasteiger partial charge in [-0.15, -0.1) is 0 Å². The first kappa shape index (κ1) is 35.8. The molecule has 2 aliphatic rings. The van der Waals surface area contributed by atoms with Crippen LogP contribution in [0.1, 0.15) is 66.2 Å². The minimum Gasteiger partial charge on any atom is -0.431 e. The molecule has 1 fully saturated rings. The van der Waals surface area contributed by atoms with Crippen LogP contribution in [0.3, 0.4) is 0 Å². The van der Waals surface area contributed by atoms with Crippen LogP contribution in [0.4, 0.5) is 0 Å². The van der Waals surface area contributed by atoms with E-state index in [0.29, 0.717) is 37.4 Å². The lowest BCUT2D eigenvalue weighted by Crippen LogP contribution is -2.59. The largest absolute Gasteiger partial charge is 0.431 e. The van der Waals surface area contributed by atoms with E-state index in [1.54, 1.807) is 13.2 Å². The lowest BCUT2D eigenvalue weighted by molar-refractivity contribution is -0.307. The fourth-order valence-corrected chi connectivity index (χ4v) is 4.82. The van der Waals surface area contributed by atoms with Crippen molar-refractivity contribution in [2.75, 3.05) is 13.7 Å². The molecule has 236 valence electrons. The molecule has 3 unspecified atom stereocenters. The average molecular weight is 591 g/mol. The van der Waals surface area contributed by atoms with Crippen LogP contribution in [0.5, 0.6) is 0 Å². The zero-order valence-corrected chi connectivity index (χ0v) is 25.6. The number of hydrogen-bond acceptors (Lipinski definition) is 9. The second-order valence-corrected chi connectivity index (χ2v) is 10.9. The summed E-state index contributed by atoms with van der Waals surface area (Å²) in [5.74, 6) is 0.377. The number of carbonyl (C=O) groups excluding carboxylic acids is 1. The van der Waals surface area contributed by atoms with Crippen molar-refractivity contribution in [2.24, 2.45) is 5.92 Å². The molecule has 0 aromatic heterocycles. The van der Waals surface area contributed by atoms with Gasteiger partial charge in [0.1, 0.15) is 30.2 Å². The molecule has 4 N–H and O–H groups in total. The van der Waals surface area contributed by atoms with E-state index in [0.717, 1.165) is 17.6 Å². The van der Waals surface area contributed by atoms with Gasteiger partial charge in [-0.1, -0.05) is 61.6 Å². The first-order valence-corrected chi connectivity index (χ1v) is 14.8. The standard InChI is InChI=1S/C33H50O9/c1-6-7-15-23(3)27-17-12-10-8-9-11-14-22(2)19-24(4)26(39-5)18-13-16-25(20-29(35)41-27)40-33-32(38)31(37)30(36)28(21-34)42-33/h6-11,13,16,19,22,25-26,28,30-34,36-38H,12,14-15,17-18,20-21H2,1-5H3/b7-6+,10-8+,11-9+,16-13+,24-19-,27-23+/t22?,25?,26?,28-,30-,31+,32-,33-/m0/s1. The van der Waals surface area contributed by atoms with Crippen LogP contribution in [0, 0.1) is 5.92 Å². The van der Waals surface area contributed by atoms with E-state index in [1.165, 1.54) is 0 Å². The highest BCUT2D eigenvalue weighted by Crippen LogP contribution is 2.25. The number of allylic oxidation sites excluding steroid dienone is 9. The Labute approximate surface area is 250 Å². The summed E-state index contributed by atoms with van der Waals surface area (Å²) in [6.45, 7) is 7.46. The van der Waals surface area contributed by atoms with Crippen LogP contribution in [-0.4, -0.2) is 83.0 Å². The molecule has 0 spiro atoms. The minimum atomic E-state index is -1.60. The van der Waals surface area contributed by atoms with Crippen LogP contribution >= 0.6 is 0 Å². The minimum absolute atomic E-state index is 0.196. The summed E-state index contributed by atoms with van der Waals surface area (Å²) >= 11 is 0. The molecule has 2 aliphatic heterocycles. The number of cyclic esters (lactones) is 1. The maximum atomic E-state index is 13.2. The van der Waals surface area contributed by atoms with Crippen molar-refractivity contribution >= 4 is 5.97 Å². The van der Waals surface area contributed by atoms with Gasteiger partial charge in [-0.25, -0.2) is 0 Å². The molecule has 0 amide bonds. The number of ether oxygens (including phenoxy) is 4. The Morgan fingerprint density at radius 1 is 1.10 bits per heavy atom. The van der Waals surface area contributed by atoms with Crippen molar-refractivity contribution in [3.05, 3.63) is 71.6 Å². The van der Waals surface area contributed by atoms with E-state index in [2.05, 4.69) is 19.1 Å². The van der Waals surface area contributed by atoms with E-state index < -0.39 is 49.4 Å². The predicted molar refractivity (Wildman–Crippen MR) is 161 cm³/mol. The molecule has 8 atom stereocenters. The van der Waals surface area contributed by atoms with Gasteiger partial charge in [0.25, 0.3) is 0 Å². The molecular formula is C33H50O9. The molecule has 42 heavy (non-hydrogen) atoms. The van der Waals surface area contributed by atoms with Crippen LogP contribution in [0.25, 0.3) is 0 Å². The zero-order chi connectivity index (χ0) is 31.1. The van der Waals surface area contributed by atoms with Crippen molar-refractivity contribution in [3.63, 3.8) is 0 Å². The smallest absolute Gasteiger partial charge is 0.313 e. The Morgan fingerprint density at radius 3 is 2.52 bits per heavy atom. The fourth-order valence-electron chi connectivity index (χ4n) is 4.82. The molecular weight excluding hydrogens is 540 g/mol. The normalized spacial score (nSPS) is 37.5. The molecule has 1 saturated heterocycles. The average Bonchev–Trinajstić information content (AvgIpc) is 2.96. The molecule has 0 aromatic rings. The highest BCUT2D eigenvalue weighted by molar-refractivity contribution is 5.71. The Kier molecular flexibility index (Phi) is 16.2. The number of aliphatic hydroxyl groups excluding tert-OH is 4.